The van der Waals surface area contributed by atoms with Crippen molar-refractivity contribution in [3.05, 3.63) is 48.3 Å². The Hall–Kier alpha value is -2.10. The summed E-state index contributed by atoms with van der Waals surface area (Å²) in [6.45, 7) is 0.503. The highest BCUT2D eigenvalue weighted by Crippen LogP contribution is 2.10. The second-order valence-corrected chi connectivity index (χ2v) is 3.27. The molecule has 0 radical (unpaired) electrons. The summed E-state index contributed by atoms with van der Waals surface area (Å²) in [7, 11) is 1.80. The van der Waals surface area contributed by atoms with Crippen LogP contribution in [0.5, 0.6) is 5.88 Å². The summed E-state index contributed by atoms with van der Waals surface area (Å²) in [4.78, 5) is 8.23. The van der Waals surface area contributed by atoms with Gasteiger partial charge in [-0.15, -0.1) is 0 Å². The molecule has 0 aliphatic carbocycles. The Balaban J connectivity index is 1.99. The number of anilines is 1. The Kier molecular flexibility index (Phi) is 3.33. The third-order valence-corrected chi connectivity index (χ3v) is 2.10. The highest BCUT2D eigenvalue weighted by Gasteiger charge is 1.98. The van der Waals surface area contributed by atoms with Crippen molar-refractivity contribution in [2.75, 3.05) is 12.4 Å². The number of hydrogen-bond acceptors (Lipinski definition) is 4. The summed E-state index contributed by atoms with van der Waals surface area (Å²) in [5.74, 6) is 1.22. The van der Waals surface area contributed by atoms with E-state index in [1.54, 1.807) is 19.4 Å². The molecule has 0 aliphatic heterocycles. The van der Waals surface area contributed by atoms with E-state index in [0.717, 1.165) is 5.56 Å². The number of nitrogens with zero attached hydrogens (tertiary/aromatic N) is 2. The first-order valence-electron chi connectivity index (χ1n) is 5.05. The number of rotatable bonds is 4. The number of aromatic nitrogens is 2. The SMILES string of the molecule is CNc1cncc(OCc2ccccc2)n1. The van der Waals surface area contributed by atoms with Crippen LogP contribution in [0, 0.1) is 0 Å². The average molecular weight is 215 g/mol. The van der Waals surface area contributed by atoms with Crippen molar-refractivity contribution < 1.29 is 4.74 Å². The van der Waals surface area contributed by atoms with Crippen LogP contribution in [-0.4, -0.2) is 17.0 Å². The molecule has 0 saturated heterocycles. The molecular weight excluding hydrogens is 202 g/mol. The first-order valence-corrected chi connectivity index (χ1v) is 5.05. The molecule has 0 atom stereocenters. The maximum absolute atomic E-state index is 5.52. The van der Waals surface area contributed by atoms with Crippen molar-refractivity contribution in [3.63, 3.8) is 0 Å². The van der Waals surface area contributed by atoms with Crippen LogP contribution in [0.4, 0.5) is 5.82 Å². The molecule has 1 heterocycles. The third kappa shape index (κ3) is 2.70. The molecule has 2 aromatic rings. The van der Waals surface area contributed by atoms with E-state index in [2.05, 4.69) is 15.3 Å². The second kappa shape index (κ2) is 5.11. The second-order valence-electron chi connectivity index (χ2n) is 3.27. The van der Waals surface area contributed by atoms with Gasteiger partial charge in [0.1, 0.15) is 12.4 Å². The van der Waals surface area contributed by atoms with Crippen molar-refractivity contribution in [1.82, 2.24) is 9.97 Å². The van der Waals surface area contributed by atoms with Gasteiger partial charge in [0, 0.05) is 7.05 Å². The maximum Gasteiger partial charge on any atom is 0.234 e. The molecule has 0 spiro atoms. The molecule has 16 heavy (non-hydrogen) atoms. The largest absolute Gasteiger partial charge is 0.472 e. The Morgan fingerprint density at radius 3 is 2.75 bits per heavy atom. The zero-order chi connectivity index (χ0) is 11.2. The molecule has 0 aliphatic rings. The van der Waals surface area contributed by atoms with Gasteiger partial charge in [-0.05, 0) is 5.56 Å². The van der Waals surface area contributed by atoms with Gasteiger partial charge in [-0.2, -0.15) is 4.98 Å². The van der Waals surface area contributed by atoms with E-state index in [0.29, 0.717) is 18.3 Å². The molecule has 0 fully saturated rings. The van der Waals surface area contributed by atoms with Crippen LogP contribution in [0.15, 0.2) is 42.7 Å². The van der Waals surface area contributed by atoms with Crippen LogP contribution in [-0.2, 0) is 6.61 Å². The lowest BCUT2D eigenvalue weighted by Gasteiger charge is -2.05. The molecule has 82 valence electrons. The first-order chi connectivity index (χ1) is 7.88. The predicted molar refractivity (Wildman–Crippen MR) is 62.4 cm³/mol. The molecule has 0 amide bonds. The monoisotopic (exact) mass is 215 g/mol. The number of nitrogens with one attached hydrogen (secondary N) is 1. The Morgan fingerprint density at radius 2 is 2.00 bits per heavy atom. The van der Waals surface area contributed by atoms with Crippen LogP contribution in [0.2, 0.25) is 0 Å². The minimum absolute atomic E-state index is 0.503. The lowest BCUT2D eigenvalue weighted by molar-refractivity contribution is 0.293. The van der Waals surface area contributed by atoms with Gasteiger partial charge in [0.25, 0.3) is 0 Å². The fourth-order valence-electron chi connectivity index (χ4n) is 1.27. The molecule has 4 heteroatoms. The van der Waals surface area contributed by atoms with Gasteiger partial charge >= 0.3 is 0 Å². The smallest absolute Gasteiger partial charge is 0.234 e. The van der Waals surface area contributed by atoms with Gasteiger partial charge in [0.15, 0.2) is 0 Å². The topological polar surface area (TPSA) is 47.0 Å². The summed E-state index contributed by atoms with van der Waals surface area (Å²) in [6.07, 6.45) is 3.25. The minimum atomic E-state index is 0.503. The number of hydrogen-bond donors (Lipinski definition) is 1. The molecule has 1 N–H and O–H groups in total. The molecular formula is C12H13N3O. The van der Waals surface area contributed by atoms with Crippen molar-refractivity contribution in [1.29, 1.82) is 0 Å². The summed E-state index contributed by atoms with van der Waals surface area (Å²) in [5, 5.41) is 2.91. The van der Waals surface area contributed by atoms with E-state index < -0.39 is 0 Å². The molecule has 0 bridgehead atoms. The lowest BCUT2D eigenvalue weighted by Crippen LogP contribution is -2.00. The Morgan fingerprint density at radius 1 is 1.19 bits per heavy atom. The molecule has 1 aromatic heterocycles. The quantitative estimate of drug-likeness (QED) is 0.848. The standard InChI is InChI=1S/C12H13N3O/c1-13-11-7-14-8-12(15-11)16-9-10-5-3-2-4-6-10/h2-8H,9H2,1H3,(H,13,15). The van der Waals surface area contributed by atoms with E-state index in [1.807, 2.05) is 30.3 Å². The van der Waals surface area contributed by atoms with Gasteiger partial charge in [-0.1, -0.05) is 30.3 Å². The van der Waals surface area contributed by atoms with Gasteiger partial charge in [-0.25, -0.2) is 0 Å². The summed E-state index contributed by atoms with van der Waals surface area (Å²) >= 11 is 0. The van der Waals surface area contributed by atoms with E-state index in [1.165, 1.54) is 0 Å². The van der Waals surface area contributed by atoms with Gasteiger partial charge < -0.3 is 10.1 Å². The minimum Gasteiger partial charge on any atom is -0.472 e. The summed E-state index contributed by atoms with van der Waals surface area (Å²) in [5.41, 5.74) is 1.11. The maximum atomic E-state index is 5.52. The molecule has 0 saturated carbocycles. The van der Waals surface area contributed by atoms with Crippen LogP contribution in [0.1, 0.15) is 5.56 Å². The third-order valence-electron chi connectivity index (χ3n) is 2.10. The Bertz CT molecular complexity index is 445. The zero-order valence-corrected chi connectivity index (χ0v) is 9.05. The van der Waals surface area contributed by atoms with Gasteiger partial charge in [-0.3, -0.25) is 4.98 Å². The average Bonchev–Trinajstić information content (AvgIpc) is 2.38. The van der Waals surface area contributed by atoms with Crippen molar-refractivity contribution >= 4 is 5.82 Å². The lowest BCUT2D eigenvalue weighted by atomic mass is 10.2. The Labute approximate surface area is 94.3 Å². The van der Waals surface area contributed by atoms with E-state index >= 15 is 0 Å². The van der Waals surface area contributed by atoms with E-state index in [9.17, 15) is 0 Å². The fourth-order valence-corrected chi connectivity index (χ4v) is 1.27. The molecule has 4 nitrogen and oxygen atoms in total. The summed E-state index contributed by atoms with van der Waals surface area (Å²) in [6, 6.07) is 9.96. The van der Waals surface area contributed by atoms with Crippen LogP contribution in [0.3, 0.4) is 0 Å². The molecule has 2 rings (SSSR count). The highest BCUT2D eigenvalue weighted by atomic mass is 16.5. The van der Waals surface area contributed by atoms with Crippen molar-refractivity contribution in [3.8, 4) is 5.88 Å². The molecule has 0 unspecified atom stereocenters. The van der Waals surface area contributed by atoms with Gasteiger partial charge in [0.05, 0.1) is 12.4 Å². The van der Waals surface area contributed by atoms with Crippen molar-refractivity contribution in [2.45, 2.75) is 6.61 Å². The normalized spacial score (nSPS) is 9.81. The van der Waals surface area contributed by atoms with Crippen LogP contribution < -0.4 is 10.1 Å². The zero-order valence-electron chi connectivity index (χ0n) is 9.05. The number of ether oxygens (including phenoxy) is 1. The van der Waals surface area contributed by atoms with Gasteiger partial charge in [0.2, 0.25) is 5.88 Å². The van der Waals surface area contributed by atoms with Crippen LogP contribution in [0.25, 0.3) is 0 Å². The van der Waals surface area contributed by atoms with Crippen molar-refractivity contribution in [2.24, 2.45) is 0 Å². The van der Waals surface area contributed by atoms with E-state index in [4.69, 9.17) is 4.74 Å². The first kappa shape index (κ1) is 10.4. The number of benzene rings is 1. The summed E-state index contributed by atoms with van der Waals surface area (Å²) < 4.78 is 5.52. The molecule has 1 aromatic carbocycles. The fraction of sp³-hybridized carbons (Fsp3) is 0.167. The highest BCUT2D eigenvalue weighted by molar-refractivity contribution is 5.32. The van der Waals surface area contributed by atoms with E-state index in [-0.39, 0.29) is 0 Å². The predicted octanol–water partition coefficient (Wildman–Crippen LogP) is 2.10. The van der Waals surface area contributed by atoms with Crippen LogP contribution >= 0.6 is 0 Å².